The molecule has 0 unspecified atom stereocenters. The molecule has 0 aliphatic carbocycles. The van der Waals surface area contributed by atoms with Gasteiger partial charge in [0.05, 0.1) is 12.7 Å². The van der Waals surface area contributed by atoms with Crippen LogP contribution in [0.15, 0.2) is 24.3 Å². The molecule has 0 aliphatic rings. The summed E-state index contributed by atoms with van der Waals surface area (Å²) in [5.74, 6) is -0.261. The number of carboxylic acid groups (broad SMARTS) is 1. The molecule has 1 aromatic carbocycles. The standard InChI is InChI=1S/C8H8O3.Na.H/c1-11-7-4-2-6(3-5-7)8(9)10;;/h2-5H,1H3,(H,9,10);;. The van der Waals surface area contributed by atoms with Crippen LogP contribution in [0.3, 0.4) is 0 Å². The van der Waals surface area contributed by atoms with Gasteiger partial charge in [-0.2, -0.15) is 0 Å². The predicted molar refractivity (Wildman–Crippen MR) is 47.1 cm³/mol. The van der Waals surface area contributed by atoms with Crippen LogP contribution in [0.1, 0.15) is 10.4 Å². The Hall–Kier alpha value is -0.510. The second kappa shape index (κ2) is 5.19. The first kappa shape index (κ1) is 11.5. The van der Waals surface area contributed by atoms with Crippen molar-refractivity contribution in [3.8, 4) is 5.75 Å². The number of carbonyl (C=O) groups is 1. The Kier molecular flexibility index (Phi) is 4.97. The van der Waals surface area contributed by atoms with E-state index in [4.69, 9.17) is 9.84 Å². The van der Waals surface area contributed by atoms with Crippen molar-refractivity contribution in [3.05, 3.63) is 29.8 Å². The van der Waals surface area contributed by atoms with Gasteiger partial charge in [0.2, 0.25) is 0 Å². The summed E-state index contributed by atoms with van der Waals surface area (Å²) in [6.07, 6.45) is 0. The topological polar surface area (TPSA) is 46.5 Å². The molecule has 1 aromatic rings. The van der Waals surface area contributed by atoms with Crippen molar-refractivity contribution in [1.29, 1.82) is 0 Å². The Morgan fingerprint density at radius 2 is 1.83 bits per heavy atom. The fourth-order valence-electron chi connectivity index (χ4n) is 0.734. The normalized spacial score (nSPS) is 8.42. The van der Waals surface area contributed by atoms with Crippen LogP contribution in [0.25, 0.3) is 0 Å². The van der Waals surface area contributed by atoms with Gasteiger partial charge in [-0.3, -0.25) is 0 Å². The van der Waals surface area contributed by atoms with Gasteiger partial charge in [0.15, 0.2) is 0 Å². The third kappa shape index (κ3) is 2.85. The minimum absolute atomic E-state index is 0. The maximum atomic E-state index is 10.4. The zero-order chi connectivity index (χ0) is 8.27. The average Bonchev–Trinajstić information content (AvgIpc) is 2.05. The Balaban J connectivity index is 0.00000121. The number of ether oxygens (including phenoxy) is 1. The number of aromatic carboxylic acids is 1. The van der Waals surface area contributed by atoms with Crippen LogP contribution in [-0.4, -0.2) is 47.7 Å². The minimum atomic E-state index is -0.923. The first-order valence-electron chi connectivity index (χ1n) is 3.11. The van der Waals surface area contributed by atoms with E-state index in [1.54, 1.807) is 12.1 Å². The van der Waals surface area contributed by atoms with Crippen LogP contribution in [-0.2, 0) is 0 Å². The van der Waals surface area contributed by atoms with Crippen molar-refractivity contribution in [2.45, 2.75) is 0 Å². The van der Waals surface area contributed by atoms with Crippen LogP contribution in [0.4, 0.5) is 0 Å². The van der Waals surface area contributed by atoms with Gasteiger partial charge in [0.1, 0.15) is 5.75 Å². The molecule has 3 nitrogen and oxygen atoms in total. The SMILES string of the molecule is COc1ccc(C(=O)O)cc1.[NaH]. The van der Waals surface area contributed by atoms with E-state index in [9.17, 15) is 4.79 Å². The Labute approximate surface area is 92.6 Å². The molecule has 4 heteroatoms. The van der Waals surface area contributed by atoms with Crippen LogP contribution < -0.4 is 4.74 Å². The molecule has 0 atom stereocenters. The van der Waals surface area contributed by atoms with Crippen LogP contribution >= 0.6 is 0 Å². The third-order valence-corrected chi connectivity index (χ3v) is 1.34. The molecule has 0 saturated carbocycles. The van der Waals surface area contributed by atoms with Gasteiger partial charge in [-0.1, -0.05) is 0 Å². The zero-order valence-corrected chi connectivity index (χ0v) is 6.07. The van der Waals surface area contributed by atoms with E-state index in [0.717, 1.165) is 0 Å². The Morgan fingerprint density at radius 1 is 1.33 bits per heavy atom. The first-order chi connectivity index (χ1) is 5.24. The van der Waals surface area contributed by atoms with Crippen molar-refractivity contribution in [1.82, 2.24) is 0 Å². The van der Waals surface area contributed by atoms with Crippen LogP contribution in [0.5, 0.6) is 5.75 Å². The number of carboxylic acids is 1. The van der Waals surface area contributed by atoms with Crippen molar-refractivity contribution >= 4 is 35.5 Å². The summed E-state index contributed by atoms with van der Waals surface area (Å²) in [5, 5.41) is 8.51. The molecule has 0 heterocycles. The fourth-order valence-corrected chi connectivity index (χ4v) is 0.734. The van der Waals surface area contributed by atoms with Gasteiger partial charge in [0, 0.05) is 0 Å². The van der Waals surface area contributed by atoms with E-state index in [-0.39, 0.29) is 35.1 Å². The summed E-state index contributed by atoms with van der Waals surface area (Å²) in [6, 6.07) is 6.23. The molecule has 0 bridgehead atoms. The zero-order valence-electron chi connectivity index (χ0n) is 6.07. The van der Waals surface area contributed by atoms with Gasteiger partial charge in [-0.25, -0.2) is 4.79 Å². The van der Waals surface area contributed by atoms with Gasteiger partial charge in [-0.15, -0.1) is 0 Å². The van der Waals surface area contributed by atoms with E-state index in [0.29, 0.717) is 5.75 Å². The summed E-state index contributed by atoms with van der Waals surface area (Å²) in [6.45, 7) is 0. The van der Waals surface area contributed by atoms with Crippen molar-refractivity contribution in [2.24, 2.45) is 0 Å². The van der Waals surface area contributed by atoms with E-state index in [1.165, 1.54) is 19.2 Å². The molecule has 60 valence electrons. The van der Waals surface area contributed by atoms with Gasteiger partial charge < -0.3 is 9.84 Å². The van der Waals surface area contributed by atoms with Gasteiger partial charge >= 0.3 is 35.5 Å². The maximum absolute atomic E-state index is 10.4. The predicted octanol–water partition coefficient (Wildman–Crippen LogP) is 0.745. The number of benzene rings is 1. The quantitative estimate of drug-likeness (QED) is 0.676. The molecular weight excluding hydrogens is 167 g/mol. The molecular formula is C8H9NaO3. The molecule has 1 rings (SSSR count). The summed E-state index contributed by atoms with van der Waals surface area (Å²) in [5.41, 5.74) is 0.269. The van der Waals surface area contributed by atoms with Crippen LogP contribution in [0.2, 0.25) is 0 Å². The van der Waals surface area contributed by atoms with E-state index < -0.39 is 5.97 Å². The van der Waals surface area contributed by atoms with Gasteiger partial charge in [0.25, 0.3) is 0 Å². The average molecular weight is 176 g/mol. The number of methoxy groups -OCH3 is 1. The summed E-state index contributed by atoms with van der Waals surface area (Å²) in [7, 11) is 1.54. The van der Waals surface area contributed by atoms with E-state index in [1.807, 2.05) is 0 Å². The Bertz CT molecular complexity index is 256. The number of hydrogen-bond acceptors (Lipinski definition) is 2. The Morgan fingerprint density at radius 3 is 2.17 bits per heavy atom. The molecule has 0 aliphatic heterocycles. The third-order valence-electron chi connectivity index (χ3n) is 1.34. The molecule has 12 heavy (non-hydrogen) atoms. The molecule has 0 fully saturated rings. The summed E-state index contributed by atoms with van der Waals surface area (Å²) < 4.78 is 4.86. The van der Waals surface area contributed by atoms with Crippen molar-refractivity contribution in [3.63, 3.8) is 0 Å². The molecule has 0 spiro atoms. The van der Waals surface area contributed by atoms with Gasteiger partial charge in [-0.05, 0) is 24.3 Å². The van der Waals surface area contributed by atoms with Crippen LogP contribution in [0, 0.1) is 0 Å². The van der Waals surface area contributed by atoms with E-state index >= 15 is 0 Å². The monoisotopic (exact) mass is 176 g/mol. The molecule has 1 N–H and O–H groups in total. The summed E-state index contributed by atoms with van der Waals surface area (Å²) in [4.78, 5) is 10.4. The van der Waals surface area contributed by atoms with E-state index in [2.05, 4.69) is 0 Å². The first-order valence-corrected chi connectivity index (χ1v) is 3.11. The molecule has 0 aromatic heterocycles. The van der Waals surface area contributed by atoms with Crippen molar-refractivity contribution in [2.75, 3.05) is 7.11 Å². The summed E-state index contributed by atoms with van der Waals surface area (Å²) >= 11 is 0. The number of hydrogen-bond donors (Lipinski definition) is 1. The fraction of sp³-hybridized carbons (Fsp3) is 0.125. The second-order valence-electron chi connectivity index (χ2n) is 2.03. The number of rotatable bonds is 2. The molecule has 0 radical (unpaired) electrons. The van der Waals surface area contributed by atoms with Crippen molar-refractivity contribution < 1.29 is 14.6 Å². The molecule has 0 saturated heterocycles. The second-order valence-corrected chi connectivity index (χ2v) is 2.03. The molecule has 0 amide bonds.